The van der Waals surface area contributed by atoms with Crippen molar-refractivity contribution in [3.05, 3.63) is 44.0 Å². The minimum atomic E-state index is 0.323. The van der Waals surface area contributed by atoms with Crippen molar-refractivity contribution >= 4 is 34.2 Å². The molecule has 1 nitrogen and oxygen atoms in total. The standard InChI is InChI=1S/C17H23ClIN/c1-2-20-17(13-8-6-4-3-5-7-9-13)15-12-14(18)10-11-16(15)19/h8,10-12,17,20H,2-7,9H2,1H3/b13-8+. The molecule has 0 heterocycles. The van der Waals surface area contributed by atoms with Crippen LogP contribution in [0.2, 0.25) is 5.02 Å². The highest BCUT2D eigenvalue weighted by Crippen LogP contribution is 2.32. The van der Waals surface area contributed by atoms with E-state index in [1.54, 1.807) is 5.57 Å². The van der Waals surface area contributed by atoms with Crippen LogP contribution in [-0.4, -0.2) is 6.54 Å². The molecule has 1 atom stereocenters. The number of benzene rings is 1. The predicted octanol–water partition coefficient (Wildman–Crippen LogP) is 5.88. The molecule has 0 saturated carbocycles. The van der Waals surface area contributed by atoms with E-state index in [2.05, 4.69) is 53.0 Å². The third-order valence-electron chi connectivity index (χ3n) is 3.87. The van der Waals surface area contributed by atoms with Crippen LogP contribution in [0.3, 0.4) is 0 Å². The number of nitrogens with one attached hydrogen (secondary N) is 1. The van der Waals surface area contributed by atoms with Crippen LogP contribution in [0.25, 0.3) is 0 Å². The molecule has 0 aliphatic heterocycles. The SMILES string of the molecule is CCNC(/C1=C/CCCCCC1)c1cc(Cl)ccc1I. The monoisotopic (exact) mass is 403 g/mol. The number of likely N-dealkylation sites (N-methyl/N-ethyl adjacent to an activating group) is 1. The van der Waals surface area contributed by atoms with E-state index in [1.807, 2.05) is 6.07 Å². The van der Waals surface area contributed by atoms with E-state index < -0.39 is 0 Å². The van der Waals surface area contributed by atoms with Crippen LogP contribution in [0.15, 0.2) is 29.8 Å². The lowest BCUT2D eigenvalue weighted by molar-refractivity contribution is 0.553. The summed E-state index contributed by atoms with van der Waals surface area (Å²) in [6.45, 7) is 3.15. The highest BCUT2D eigenvalue weighted by atomic mass is 127. The normalized spacial score (nSPS) is 20.6. The molecule has 0 fully saturated rings. The van der Waals surface area contributed by atoms with Gasteiger partial charge in [-0.05, 0) is 78.6 Å². The molecule has 0 amide bonds. The number of rotatable bonds is 4. The third-order valence-corrected chi connectivity index (χ3v) is 5.09. The predicted molar refractivity (Wildman–Crippen MR) is 96.4 cm³/mol. The molecule has 1 aliphatic rings. The maximum Gasteiger partial charge on any atom is 0.0547 e. The van der Waals surface area contributed by atoms with Crippen molar-refractivity contribution < 1.29 is 0 Å². The first-order valence-corrected chi connectivity index (χ1v) is 9.05. The first kappa shape index (κ1) is 16.3. The Morgan fingerprint density at radius 3 is 2.85 bits per heavy atom. The Morgan fingerprint density at radius 2 is 2.05 bits per heavy atom. The zero-order valence-electron chi connectivity index (χ0n) is 12.1. The van der Waals surface area contributed by atoms with Gasteiger partial charge in [-0.15, -0.1) is 0 Å². The first-order chi connectivity index (χ1) is 9.72. The number of halogens is 2. The van der Waals surface area contributed by atoms with Crippen molar-refractivity contribution in [2.45, 2.75) is 51.5 Å². The van der Waals surface area contributed by atoms with Gasteiger partial charge in [-0.3, -0.25) is 0 Å². The molecule has 2 rings (SSSR count). The van der Waals surface area contributed by atoms with Crippen LogP contribution >= 0.6 is 34.2 Å². The van der Waals surface area contributed by atoms with Gasteiger partial charge >= 0.3 is 0 Å². The van der Waals surface area contributed by atoms with E-state index in [1.165, 1.54) is 47.7 Å². The van der Waals surface area contributed by atoms with Crippen LogP contribution in [0.1, 0.15) is 57.1 Å². The van der Waals surface area contributed by atoms with Gasteiger partial charge in [0.2, 0.25) is 0 Å². The topological polar surface area (TPSA) is 12.0 Å². The molecular formula is C17H23ClIN. The second-order valence-electron chi connectivity index (χ2n) is 5.39. The van der Waals surface area contributed by atoms with Gasteiger partial charge in [0.15, 0.2) is 0 Å². The molecule has 0 saturated heterocycles. The van der Waals surface area contributed by atoms with E-state index >= 15 is 0 Å². The van der Waals surface area contributed by atoms with E-state index in [9.17, 15) is 0 Å². The van der Waals surface area contributed by atoms with E-state index in [4.69, 9.17) is 11.6 Å². The van der Waals surface area contributed by atoms with Gasteiger partial charge < -0.3 is 5.32 Å². The highest BCUT2D eigenvalue weighted by molar-refractivity contribution is 14.1. The minimum absolute atomic E-state index is 0.323. The van der Waals surface area contributed by atoms with E-state index in [-0.39, 0.29) is 0 Å². The lowest BCUT2D eigenvalue weighted by atomic mass is 9.91. The largest absolute Gasteiger partial charge is 0.307 e. The number of hydrogen-bond donors (Lipinski definition) is 1. The molecule has 1 unspecified atom stereocenters. The van der Waals surface area contributed by atoms with Crippen LogP contribution in [0, 0.1) is 3.57 Å². The van der Waals surface area contributed by atoms with Crippen LogP contribution in [0.4, 0.5) is 0 Å². The number of allylic oxidation sites excluding steroid dienone is 1. The average molecular weight is 404 g/mol. The molecule has 1 N–H and O–H groups in total. The van der Waals surface area contributed by atoms with Gasteiger partial charge in [0.05, 0.1) is 6.04 Å². The zero-order chi connectivity index (χ0) is 14.4. The molecular weight excluding hydrogens is 381 g/mol. The summed E-state index contributed by atoms with van der Waals surface area (Å²) in [5.41, 5.74) is 2.87. The fourth-order valence-corrected chi connectivity index (χ4v) is 3.69. The van der Waals surface area contributed by atoms with Gasteiger partial charge in [-0.2, -0.15) is 0 Å². The highest BCUT2D eigenvalue weighted by Gasteiger charge is 2.19. The molecule has 0 spiro atoms. The Bertz CT molecular complexity index is 470. The summed E-state index contributed by atoms with van der Waals surface area (Å²) < 4.78 is 1.29. The van der Waals surface area contributed by atoms with Gasteiger partial charge in [0.1, 0.15) is 0 Å². The van der Waals surface area contributed by atoms with Crippen molar-refractivity contribution in [3.63, 3.8) is 0 Å². The maximum absolute atomic E-state index is 6.21. The van der Waals surface area contributed by atoms with Crippen molar-refractivity contribution in [2.75, 3.05) is 6.54 Å². The van der Waals surface area contributed by atoms with E-state index in [0.717, 1.165) is 11.6 Å². The maximum atomic E-state index is 6.21. The molecule has 1 aromatic rings. The molecule has 3 heteroatoms. The van der Waals surface area contributed by atoms with Crippen LogP contribution < -0.4 is 5.32 Å². The van der Waals surface area contributed by atoms with Gasteiger partial charge in [-0.1, -0.05) is 43.0 Å². The van der Waals surface area contributed by atoms with E-state index in [0.29, 0.717) is 6.04 Å². The molecule has 1 aliphatic carbocycles. The Labute approximate surface area is 141 Å². The van der Waals surface area contributed by atoms with Crippen molar-refractivity contribution in [1.29, 1.82) is 0 Å². The first-order valence-electron chi connectivity index (χ1n) is 7.59. The summed E-state index contributed by atoms with van der Waals surface area (Å²) in [6.07, 6.45) is 10.3. The molecule has 0 bridgehead atoms. The Kier molecular flexibility index (Phi) is 6.85. The summed E-state index contributed by atoms with van der Waals surface area (Å²) in [7, 11) is 0. The molecule has 0 aromatic heterocycles. The Hall–Kier alpha value is -0.0600. The zero-order valence-corrected chi connectivity index (χ0v) is 15.0. The summed E-state index contributed by atoms with van der Waals surface area (Å²) in [5, 5.41) is 4.48. The quantitative estimate of drug-likeness (QED) is 0.489. The minimum Gasteiger partial charge on any atom is -0.307 e. The second-order valence-corrected chi connectivity index (χ2v) is 6.99. The summed E-state index contributed by atoms with van der Waals surface area (Å²) in [4.78, 5) is 0. The fourth-order valence-electron chi connectivity index (χ4n) is 2.86. The van der Waals surface area contributed by atoms with Gasteiger partial charge in [0.25, 0.3) is 0 Å². The second kappa shape index (κ2) is 8.40. The molecule has 110 valence electrons. The van der Waals surface area contributed by atoms with Crippen molar-refractivity contribution in [1.82, 2.24) is 5.32 Å². The molecule has 20 heavy (non-hydrogen) atoms. The van der Waals surface area contributed by atoms with Gasteiger partial charge in [-0.25, -0.2) is 0 Å². The smallest absolute Gasteiger partial charge is 0.0547 e. The van der Waals surface area contributed by atoms with Crippen LogP contribution in [-0.2, 0) is 0 Å². The van der Waals surface area contributed by atoms with Crippen LogP contribution in [0.5, 0.6) is 0 Å². The molecule has 1 aromatic carbocycles. The van der Waals surface area contributed by atoms with Crippen molar-refractivity contribution in [3.8, 4) is 0 Å². The Balaban J connectivity index is 2.31. The average Bonchev–Trinajstić information content (AvgIpc) is 2.40. The fraction of sp³-hybridized carbons (Fsp3) is 0.529. The van der Waals surface area contributed by atoms with Crippen molar-refractivity contribution in [2.24, 2.45) is 0 Å². The number of hydrogen-bond acceptors (Lipinski definition) is 1. The summed E-state index contributed by atoms with van der Waals surface area (Å²) >= 11 is 8.63. The van der Waals surface area contributed by atoms with Gasteiger partial charge in [0, 0.05) is 8.59 Å². The summed E-state index contributed by atoms with van der Waals surface area (Å²) in [6, 6.07) is 6.54. The summed E-state index contributed by atoms with van der Waals surface area (Å²) in [5.74, 6) is 0. The third kappa shape index (κ3) is 4.47. The lowest BCUT2D eigenvalue weighted by Gasteiger charge is -2.25. The molecule has 0 radical (unpaired) electrons. The Morgan fingerprint density at radius 1 is 1.25 bits per heavy atom. The lowest BCUT2D eigenvalue weighted by Crippen LogP contribution is -2.24.